The predicted molar refractivity (Wildman–Crippen MR) is 61.9 cm³/mol. The molecule has 0 amide bonds. The molecule has 100 valence electrons. The lowest BCUT2D eigenvalue weighted by atomic mass is 10.1. The zero-order valence-electron chi connectivity index (χ0n) is 10.0. The SMILES string of the molecule is Fc1ccc(CCN[C@H]2CCCOC2)c(F)c1F. The van der Waals surface area contributed by atoms with Crippen LogP contribution in [0.2, 0.25) is 0 Å². The fourth-order valence-electron chi connectivity index (χ4n) is 2.07. The van der Waals surface area contributed by atoms with Crippen LogP contribution in [-0.2, 0) is 11.2 Å². The molecular weight excluding hydrogens is 243 g/mol. The quantitative estimate of drug-likeness (QED) is 0.838. The third kappa shape index (κ3) is 3.23. The molecule has 2 nitrogen and oxygen atoms in total. The molecule has 0 spiro atoms. The number of nitrogens with one attached hydrogen (secondary N) is 1. The van der Waals surface area contributed by atoms with Crippen LogP contribution in [0.25, 0.3) is 0 Å². The zero-order valence-corrected chi connectivity index (χ0v) is 10.0. The molecule has 1 aromatic carbocycles. The highest BCUT2D eigenvalue weighted by Crippen LogP contribution is 2.15. The molecule has 0 unspecified atom stereocenters. The van der Waals surface area contributed by atoms with Crippen LogP contribution in [0.5, 0.6) is 0 Å². The van der Waals surface area contributed by atoms with Gasteiger partial charge in [-0.05, 0) is 37.4 Å². The lowest BCUT2D eigenvalue weighted by molar-refractivity contribution is 0.0707. The van der Waals surface area contributed by atoms with Gasteiger partial charge in [0.2, 0.25) is 0 Å². The Morgan fingerprint density at radius 1 is 1.22 bits per heavy atom. The van der Waals surface area contributed by atoms with Gasteiger partial charge in [-0.3, -0.25) is 0 Å². The van der Waals surface area contributed by atoms with Crippen molar-refractivity contribution in [3.8, 4) is 0 Å². The highest BCUT2D eigenvalue weighted by atomic mass is 19.2. The van der Waals surface area contributed by atoms with Crippen LogP contribution in [0.15, 0.2) is 12.1 Å². The molecule has 0 saturated carbocycles. The summed E-state index contributed by atoms with van der Waals surface area (Å²) in [5, 5.41) is 3.22. The number of halogens is 3. The van der Waals surface area contributed by atoms with Crippen LogP contribution < -0.4 is 5.32 Å². The van der Waals surface area contributed by atoms with Crippen molar-refractivity contribution in [2.75, 3.05) is 19.8 Å². The van der Waals surface area contributed by atoms with Gasteiger partial charge in [0, 0.05) is 12.6 Å². The second-order valence-electron chi connectivity index (χ2n) is 4.45. The molecule has 18 heavy (non-hydrogen) atoms. The maximum Gasteiger partial charge on any atom is 0.194 e. The molecule has 0 radical (unpaired) electrons. The smallest absolute Gasteiger partial charge is 0.194 e. The molecule has 0 aliphatic carbocycles. The van der Waals surface area contributed by atoms with Crippen LogP contribution in [-0.4, -0.2) is 25.8 Å². The Hall–Kier alpha value is -1.07. The topological polar surface area (TPSA) is 21.3 Å². The van der Waals surface area contributed by atoms with Gasteiger partial charge in [-0.15, -0.1) is 0 Å². The Morgan fingerprint density at radius 3 is 2.78 bits per heavy atom. The predicted octanol–water partition coefficient (Wildman–Crippen LogP) is 2.42. The molecule has 1 atom stereocenters. The summed E-state index contributed by atoms with van der Waals surface area (Å²) >= 11 is 0. The number of hydrogen-bond acceptors (Lipinski definition) is 2. The van der Waals surface area contributed by atoms with Crippen molar-refractivity contribution in [3.05, 3.63) is 35.1 Å². The van der Waals surface area contributed by atoms with Gasteiger partial charge in [-0.1, -0.05) is 6.07 Å². The van der Waals surface area contributed by atoms with Crippen molar-refractivity contribution in [2.45, 2.75) is 25.3 Å². The molecule has 1 saturated heterocycles. The summed E-state index contributed by atoms with van der Waals surface area (Å²) in [7, 11) is 0. The van der Waals surface area contributed by atoms with Gasteiger partial charge in [-0.2, -0.15) is 0 Å². The normalized spacial score (nSPS) is 20.1. The van der Waals surface area contributed by atoms with Crippen molar-refractivity contribution in [1.82, 2.24) is 5.32 Å². The second-order valence-corrected chi connectivity index (χ2v) is 4.45. The molecule has 1 N–H and O–H groups in total. The third-order valence-corrected chi connectivity index (χ3v) is 3.10. The average Bonchev–Trinajstić information content (AvgIpc) is 2.40. The fourth-order valence-corrected chi connectivity index (χ4v) is 2.07. The van der Waals surface area contributed by atoms with Gasteiger partial charge in [0.1, 0.15) is 0 Å². The maximum atomic E-state index is 13.4. The fraction of sp³-hybridized carbons (Fsp3) is 0.538. The minimum absolute atomic E-state index is 0.193. The van der Waals surface area contributed by atoms with E-state index >= 15 is 0 Å². The van der Waals surface area contributed by atoms with E-state index in [0.717, 1.165) is 25.5 Å². The Morgan fingerprint density at radius 2 is 2.06 bits per heavy atom. The summed E-state index contributed by atoms with van der Waals surface area (Å²) in [6, 6.07) is 2.51. The summed E-state index contributed by atoms with van der Waals surface area (Å²) < 4.78 is 44.4. The minimum Gasteiger partial charge on any atom is -0.380 e. The largest absolute Gasteiger partial charge is 0.380 e. The first kappa shape index (κ1) is 13.4. The van der Waals surface area contributed by atoms with Gasteiger partial charge in [-0.25, -0.2) is 13.2 Å². The Kier molecular flexibility index (Phi) is 4.60. The van der Waals surface area contributed by atoms with E-state index in [1.165, 1.54) is 6.07 Å². The lowest BCUT2D eigenvalue weighted by Crippen LogP contribution is -2.37. The maximum absolute atomic E-state index is 13.4. The van der Waals surface area contributed by atoms with Crippen molar-refractivity contribution in [2.24, 2.45) is 0 Å². The highest BCUT2D eigenvalue weighted by Gasteiger charge is 2.15. The molecule has 0 bridgehead atoms. The van der Waals surface area contributed by atoms with Crippen LogP contribution >= 0.6 is 0 Å². The Labute approximate surface area is 104 Å². The summed E-state index contributed by atoms with van der Waals surface area (Å²) in [4.78, 5) is 0. The van der Waals surface area contributed by atoms with E-state index in [2.05, 4.69) is 5.32 Å². The first-order chi connectivity index (χ1) is 8.68. The molecule has 1 aliphatic heterocycles. The van der Waals surface area contributed by atoms with Gasteiger partial charge in [0.15, 0.2) is 17.5 Å². The second kappa shape index (κ2) is 6.20. The van der Waals surface area contributed by atoms with Crippen LogP contribution in [0, 0.1) is 17.5 Å². The van der Waals surface area contributed by atoms with Crippen LogP contribution in [0.3, 0.4) is 0 Å². The van der Waals surface area contributed by atoms with Gasteiger partial charge >= 0.3 is 0 Å². The lowest BCUT2D eigenvalue weighted by Gasteiger charge is -2.23. The molecular formula is C13H16F3NO. The molecule has 1 heterocycles. The summed E-state index contributed by atoms with van der Waals surface area (Å²) in [5.41, 5.74) is 0.193. The van der Waals surface area contributed by atoms with E-state index in [1.54, 1.807) is 0 Å². The molecule has 2 rings (SSSR count). The summed E-state index contributed by atoms with van der Waals surface area (Å²) in [6.07, 6.45) is 2.37. The zero-order chi connectivity index (χ0) is 13.0. The van der Waals surface area contributed by atoms with Crippen molar-refractivity contribution in [3.63, 3.8) is 0 Å². The monoisotopic (exact) mass is 259 g/mol. The van der Waals surface area contributed by atoms with E-state index in [0.29, 0.717) is 19.6 Å². The molecule has 0 aromatic heterocycles. The molecule has 5 heteroatoms. The van der Waals surface area contributed by atoms with E-state index < -0.39 is 17.5 Å². The summed E-state index contributed by atoms with van der Waals surface area (Å²) in [5.74, 6) is -3.63. The number of ether oxygens (including phenoxy) is 1. The number of hydrogen-bond donors (Lipinski definition) is 1. The van der Waals surface area contributed by atoms with E-state index in [9.17, 15) is 13.2 Å². The molecule has 1 aliphatic rings. The van der Waals surface area contributed by atoms with Gasteiger partial charge in [0.25, 0.3) is 0 Å². The third-order valence-electron chi connectivity index (χ3n) is 3.10. The highest BCUT2D eigenvalue weighted by molar-refractivity contribution is 5.20. The van der Waals surface area contributed by atoms with Gasteiger partial charge in [0.05, 0.1) is 6.61 Å². The number of benzene rings is 1. The number of rotatable bonds is 4. The Bertz CT molecular complexity index is 405. The van der Waals surface area contributed by atoms with Crippen LogP contribution in [0.4, 0.5) is 13.2 Å². The van der Waals surface area contributed by atoms with Crippen molar-refractivity contribution in [1.29, 1.82) is 0 Å². The Balaban J connectivity index is 1.84. The van der Waals surface area contributed by atoms with Crippen molar-refractivity contribution < 1.29 is 17.9 Å². The first-order valence-corrected chi connectivity index (χ1v) is 6.12. The summed E-state index contributed by atoms with van der Waals surface area (Å²) in [6.45, 7) is 1.96. The van der Waals surface area contributed by atoms with Crippen molar-refractivity contribution >= 4 is 0 Å². The standard InChI is InChI=1S/C13H16F3NO/c14-11-4-3-9(12(15)13(11)16)5-6-17-10-2-1-7-18-8-10/h3-4,10,17H,1-2,5-8H2/t10-/m0/s1. The van der Waals surface area contributed by atoms with E-state index in [-0.39, 0.29) is 11.6 Å². The minimum atomic E-state index is -1.39. The molecule has 1 aromatic rings. The van der Waals surface area contributed by atoms with Gasteiger partial charge < -0.3 is 10.1 Å². The average molecular weight is 259 g/mol. The molecule has 1 fully saturated rings. The van der Waals surface area contributed by atoms with Crippen LogP contribution in [0.1, 0.15) is 18.4 Å². The van der Waals surface area contributed by atoms with E-state index in [1.807, 2.05) is 0 Å². The van der Waals surface area contributed by atoms with E-state index in [4.69, 9.17) is 4.74 Å². The first-order valence-electron chi connectivity index (χ1n) is 6.12.